The van der Waals surface area contributed by atoms with E-state index in [9.17, 15) is 18.0 Å². The lowest BCUT2D eigenvalue weighted by atomic mass is 10.2. The molecule has 5 aromatic rings. The lowest BCUT2D eigenvalue weighted by Gasteiger charge is -2.16. The van der Waals surface area contributed by atoms with E-state index >= 15 is 0 Å². The van der Waals surface area contributed by atoms with E-state index in [1.807, 2.05) is 18.2 Å². The first-order chi connectivity index (χ1) is 16.4. The lowest BCUT2D eigenvalue weighted by Crippen LogP contribution is -2.20. The van der Waals surface area contributed by atoms with Crippen LogP contribution < -0.4 is 10.2 Å². The normalized spacial score (nSPS) is 11.5. The number of nitrogens with zero attached hydrogens (tertiary/aromatic N) is 6. The smallest absolute Gasteiger partial charge is 0.403 e. The largest absolute Gasteiger partial charge is 0.573 e. The van der Waals surface area contributed by atoms with Crippen molar-refractivity contribution in [3.63, 3.8) is 0 Å². The minimum atomic E-state index is -4.94. The highest BCUT2D eigenvalue weighted by atomic mass is 19.4. The van der Waals surface area contributed by atoms with Crippen molar-refractivity contribution in [2.45, 2.75) is 6.36 Å². The maximum Gasteiger partial charge on any atom is 0.573 e. The number of hydrogen-bond donors (Lipinski definition) is 0. The fourth-order valence-corrected chi connectivity index (χ4v) is 3.44. The summed E-state index contributed by atoms with van der Waals surface area (Å²) in [5, 5.41) is 12.6. The first-order valence-corrected chi connectivity index (χ1v) is 9.99. The highest BCUT2D eigenvalue weighted by Crippen LogP contribution is 2.31. The molecule has 3 heterocycles. The first kappa shape index (κ1) is 21.2. The van der Waals surface area contributed by atoms with E-state index in [-0.39, 0.29) is 11.4 Å². The van der Waals surface area contributed by atoms with E-state index in [1.165, 1.54) is 46.2 Å². The van der Waals surface area contributed by atoms with Crippen LogP contribution >= 0.6 is 0 Å². The molecule has 0 unspecified atom stereocenters. The highest BCUT2D eigenvalue weighted by molar-refractivity contribution is 5.58. The number of ether oxygens (including phenoxy) is 1. The van der Waals surface area contributed by atoms with Gasteiger partial charge in [0.2, 0.25) is 5.43 Å². The van der Waals surface area contributed by atoms with Crippen molar-refractivity contribution in [1.82, 2.24) is 29.3 Å². The molecule has 34 heavy (non-hydrogen) atoms. The number of halogens is 3. The van der Waals surface area contributed by atoms with E-state index in [0.717, 1.165) is 4.68 Å². The molecule has 8 nitrogen and oxygen atoms in total. The number of aromatic nitrogens is 6. The fourth-order valence-electron chi connectivity index (χ4n) is 3.44. The van der Waals surface area contributed by atoms with Gasteiger partial charge < -0.3 is 4.74 Å². The van der Waals surface area contributed by atoms with E-state index in [1.54, 1.807) is 36.5 Å². The van der Waals surface area contributed by atoms with Gasteiger partial charge in [-0.2, -0.15) is 15.3 Å². The third kappa shape index (κ3) is 4.18. The molecule has 0 N–H and O–H groups in total. The maximum atomic E-state index is 13.2. The Morgan fingerprint density at radius 3 is 2.35 bits per heavy atom. The zero-order chi connectivity index (χ0) is 23.7. The molecule has 0 atom stereocenters. The van der Waals surface area contributed by atoms with Crippen molar-refractivity contribution in [3.05, 3.63) is 102 Å². The zero-order valence-corrected chi connectivity index (χ0v) is 17.3. The Morgan fingerprint density at radius 1 is 0.794 bits per heavy atom. The van der Waals surface area contributed by atoms with E-state index in [2.05, 4.69) is 20.0 Å². The van der Waals surface area contributed by atoms with Gasteiger partial charge in [0.1, 0.15) is 5.69 Å². The van der Waals surface area contributed by atoms with Crippen LogP contribution in [-0.4, -0.2) is 35.7 Å². The Balaban J connectivity index is 1.63. The van der Waals surface area contributed by atoms with Gasteiger partial charge in [-0.3, -0.25) is 4.79 Å². The number of rotatable bonds is 5. The molecule has 0 saturated heterocycles. The molecule has 0 aliphatic carbocycles. The molecule has 0 radical (unpaired) electrons. The molecule has 0 bridgehead atoms. The van der Waals surface area contributed by atoms with E-state index < -0.39 is 17.5 Å². The Hall–Kier alpha value is -4.67. The summed E-state index contributed by atoms with van der Waals surface area (Å²) in [6.45, 7) is 0. The van der Waals surface area contributed by atoms with Gasteiger partial charge in [0, 0.05) is 30.7 Å². The summed E-state index contributed by atoms with van der Waals surface area (Å²) < 4.78 is 47.9. The van der Waals surface area contributed by atoms with E-state index in [4.69, 9.17) is 0 Å². The van der Waals surface area contributed by atoms with Crippen LogP contribution in [0.4, 0.5) is 13.2 Å². The third-order valence-electron chi connectivity index (χ3n) is 4.88. The topological polar surface area (TPSA) is 79.8 Å². The van der Waals surface area contributed by atoms with Crippen molar-refractivity contribution in [2.75, 3.05) is 0 Å². The molecule has 3 aromatic heterocycles. The van der Waals surface area contributed by atoms with Gasteiger partial charge in [-0.1, -0.05) is 18.2 Å². The van der Waals surface area contributed by atoms with Crippen molar-refractivity contribution in [1.29, 1.82) is 0 Å². The standard InChI is InChI=1S/C23H15F3N6O2/c24-23(25,26)34-21-15-17(30-13-4-11-27-30)7-8-18(21)31-14-10-20(33)22(29-31)19-9-12-28-32(19)16-5-2-1-3-6-16/h1-15H. The van der Waals surface area contributed by atoms with Crippen LogP contribution in [0.5, 0.6) is 5.75 Å². The number of alkyl halides is 3. The van der Waals surface area contributed by atoms with Gasteiger partial charge in [0.05, 0.1) is 23.3 Å². The molecule has 0 aliphatic rings. The van der Waals surface area contributed by atoms with Crippen LogP contribution in [0.25, 0.3) is 28.5 Å². The minimum absolute atomic E-state index is 0.0120. The number of hydrogen-bond acceptors (Lipinski definition) is 5. The zero-order valence-electron chi connectivity index (χ0n) is 17.3. The van der Waals surface area contributed by atoms with Crippen LogP contribution in [-0.2, 0) is 0 Å². The fraction of sp³-hybridized carbons (Fsp3) is 0.0435. The quantitative estimate of drug-likeness (QED) is 0.390. The van der Waals surface area contributed by atoms with Gasteiger partial charge in [-0.15, -0.1) is 13.2 Å². The average Bonchev–Trinajstić information content (AvgIpc) is 3.52. The van der Waals surface area contributed by atoms with Crippen molar-refractivity contribution >= 4 is 0 Å². The summed E-state index contributed by atoms with van der Waals surface area (Å²) in [6.07, 6.45) is 0.945. The van der Waals surface area contributed by atoms with Crippen LogP contribution in [0.15, 0.2) is 96.3 Å². The van der Waals surface area contributed by atoms with Crippen LogP contribution in [0.3, 0.4) is 0 Å². The molecule has 2 aromatic carbocycles. The van der Waals surface area contributed by atoms with Gasteiger partial charge in [-0.05, 0) is 36.4 Å². The summed E-state index contributed by atoms with van der Waals surface area (Å²) >= 11 is 0. The van der Waals surface area contributed by atoms with Gasteiger partial charge in [0.25, 0.3) is 0 Å². The maximum absolute atomic E-state index is 13.2. The summed E-state index contributed by atoms with van der Waals surface area (Å²) in [6, 6.07) is 17.7. The summed E-state index contributed by atoms with van der Waals surface area (Å²) in [5.74, 6) is -0.501. The second-order valence-electron chi connectivity index (χ2n) is 7.09. The average molecular weight is 464 g/mol. The monoisotopic (exact) mass is 464 g/mol. The summed E-state index contributed by atoms with van der Waals surface area (Å²) in [4.78, 5) is 12.7. The molecule has 0 saturated carbocycles. The lowest BCUT2D eigenvalue weighted by molar-refractivity contribution is -0.274. The molecular weight excluding hydrogens is 449 g/mol. The second-order valence-corrected chi connectivity index (χ2v) is 7.09. The van der Waals surface area contributed by atoms with Gasteiger partial charge in [-0.25, -0.2) is 14.0 Å². The Labute approximate surface area is 190 Å². The predicted octanol–water partition coefficient (Wildman–Crippen LogP) is 4.17. The van der Waals surface area contributed by atoms with Crippen LogP contribution in [0.2, 0.25) is 0 Å². The molecule has 5 rings (SSSR count). The molecule has 11 heteroatoms. The molecule has 0 aliphatic heterocycles. The highest BCUT2D eigenvalue weighted by Gasteiger charge is 2.33. The summed E-state index contributed by atoms with van der Waals surface area (Å²) in [5.41, 5.74) is 1.02. The molecule has 0 fully saturated rings. The number of para-hydroxylation sites is 1. The predicted molar refractivity (Wildman–Crippen MR) is 116 cm³/mol. The van der Waals surface area contributed by atoms with Crippen molar-refractivity contribution in [2.24, 2.45) is 0 Å². The number of benzene rings is 2. The molecular formula is C23H15F3N6O2. The molecule has 0 spiro atoms. The Kier molecular flexibility index (Phi) is 5.21. The van der Waals surface area contributed by atoms with Crippen LogP contribution in [0, 0.1) is 0 Å². The van der Waals surface area contributed by atoms with Crippen molar-refractivity contribution < 1.29 is 17.9 Å². The Bertz CT molecular complexity index is 1490. The first-order valence-electron chi connectivity index (χ1n) is 9.99. The second kappa shape index (κ2) is 8.35. The summed E-state index contributed by atoms with van der Waals surface area (Å²) in [7, 11) is 0. The Morgan fingerprint density at radius 2 is 1.62 bits per heavy atom. The van der Waals surface area contributed by atoms with Crippen LogP contribution in [0.1, 0.15) is 0 Å². The molecule has 170 valence electrons. The van der Waals surface area contributed by atoms with Gasteiger partial charge in [0.15, 0.2) is 11.4 Å². The molecule has 0 amide bonds. The third-order valence-corrected chi connectivity index (χ3v) is 4.88. The van der Waals surface area contributed by atoms with Crippen molar-refractivity contribution in [3.8, 4) is 34.2 Å². The minimum Gasteiger partial charge on any atom is -0.403 e. The SMILES string of the molecule is O=c1ccn(-c2ccc(-n3cccn3)cc2OC(F)(F)F)nc1-c1ccnn1-c1ccccc1. The van der Waals surface area contributed by atoms with E-state index in [0.29, 0.717) is 17.1 Å². The van der Waals surface area contributed by atoms with Gasteiger partial charge >= 0.3 is 6.36 Å².